The molecule has 0 aliphatic heterocycles. The summed E-state index contributed by atoms with van der Waals surface area (Å²) in [6.45, 7) is 8.52. The van der Waals surface area contributed by atoms with E-state index in [0.29, 0.717) is 11.1 Å². The Balaban J connectivity index is 2.13. The molecule has 2 aromatic rings. The molecule has 0 aliphatic rings. The Hall–Kier alpha value is -2.81. The van der Waals surface area contributed by atoms with Gasteiger partial charge < -0.3 is 14.5 Å². The lowest BCUT2D eigenvalue weighted by Gasteiger charge is -2.28. The van der Waals surface area contributed by atoms with E-state index < -0.39 is 23.5 Å². The number of aryl methyl sites for hydroxylation is 1. The Kier molecular flexibility index (Phi) is 5.17. The molecule has 0 bridgehead atoms. The van der Waals surface area contributed by atoms with Gasteiger partial charge in [-0.1, -0.05) is 32.0 Å². The average Bonchev–Trinajstić information content (AvgIpc) is 2.91. The van der Waals surface area contributed by atoms with E-state index in [4.69, 9.17) is 9.15 Å². The van der Waals surface area contributed by atoms with Gasteiger partial charge in [0.2, 0.25) is 5.76 Å². The molecular weight excluding hydrogens is 320 g/mol. The van der Waals surface area contributed by atoms with E-state index in [1.807, 2.05) is 32.0 Å². The van der Waals surface area contributed by atoms with Crippen molar-refractivity contribution >= 4 is 22.8 Å². The van der Waals surface area contributed by atoms with Crippen LogP contribution >= 0.6 is 0 Å². The minimum Gasteiger partial charge on any atom is -0.449 e. The third kappa shape index (κ3) is 3.66. The number of carbonyl (C=O) groups is 2. The van der Waals surface area contributed by atoms with Crippen molar-refractivity contribution in [2.75, 3.05) is 0 Å². The van der Waals surface area contributed by atoms with Crippen LogP contribution in [0.1, 0.15) is 43.8 Å². The number of rotatable bonds is 5. The molecule has 25 heavy (non-hydrogen) atoms. The van der Waals surface area contributed by atoms with Crippen LogP contribution in [0, 0.1) is 24.2 Å². The minimum absolute atomic E-state index is 0.0766. The van der Waals surface area contributed by atoms with Crippen LogP contribution in [0.5, 0.6) is 0 Å². The first-order chi connectivity index (χ1) is 11.7. The van der Waals surface area contributed by atoms with Gasteiger partial charge in [-0.15, -0.1) is 0 Å². The second-order valence-electron chi connectivity index (χ2n) is 6.56. The lowest BCUT2D eigenvalue weighted by Crippen LogP contribution is -2.52. The number of fused-ring (bicyclic) bond motifs is 1. The molecule has 0 saturated heterocycles. The molecule has 1 N–H and O–H groups in total. The molecule has 0 spiro atoms. The molecule has 0 unspecified atom stereocenters. The van der Waals surface area contributed by atoms with Crippen molar-refractivity contribution < 1.29 is 18.7 Å². The third-order valence-corrected chi connectivity index (χ3v) is 4.45. The highest BCUT2D eigenvalue weighted by Crippen LogP contribution is 2.25. The van der Waals surface area contributed by atoms with Crippen LogP contribution in [0.2, 0.25) is 0 Å². The smallest absolute Gasteiger partial charge is 0.375 e. The maximum atomic E-state index is 12.4. The van der Waals surface area contributed by atoms with Crippen LogP contribution in [0.15, 0.2) is 28.7 Å². The van der Waals surface area contributed by atoms with Gasteiger partial charge in [0.05, 0.1) is 6.07 Å². The first-order valence-corrected chi connectivity index (χ1v) is 8.12. The number of para-hydroxylation sites is 1. The van der Waals surface area contributed by atoms with Crippen molar-refractivity contribution in [2.45, 2.75) is 46.3 Å². The zero-order valence-corrected chi connectivity index (χ0v) is 15.0. The van der Waals surface area contributed by atoms with E-state index >= 15 is 0 Å². The van der Waals surface area contributed by atoms with Crippen LogP contribution in [0.25, 0.3) is 11.0 Å². The Morgan fingerprint density at radius 3 is 2.48 bits per heavy atom. The number of esters is 1. The highest BCUT2D eigenvalue weighted by molar-refractivity contribution is 5.97. The lowest BCUT2D eigenvalue weighted by atomic mass is 9.90. The third-order valence-electron chi connectivity index (χ3n) is 4.45. The van der Waals surface area contributed by atoms with Crippen LogP contribution in [0.3, 0.4) is 0 Å². The molecule has 6 heteroatoms. The molecule has 0 aliphatic carbocycles. The Bertz CT molecular complexity index is 847. The number of nitrogens with zero attached hydrogens (tertiary/aromatic N) is 1. The predicted octanol–water partition coefficient (Wildman–Crippen LogP) is 3.34. The highest BCUT2D eigenvalue weighted by Gasteiger charge is 2.33. The van der Waals surface area contributed by atoms with Crippen LogP contribution in [-0.2, 0) is 9.53 Å². The predicted molar refractivity (Wildman–Crippen MR) is 92.8 cm³/mol. The largest absolute Gasteiger partial charge is 0.449 e. The van der Waals surface area contributed by atoms with Crippen molar-refractivity contribution in [1.29, 1.82) is 5.26 Å². The number of furan rings is 1. The number of benzene rings is 1. The molecule has 1 aromatic heterocycles. The van der Waals surface area contributed by atoms with Gasteiger partial charge >= 0.3 is 5.97 Å². The number of hydrogen-bond donors (Lipinski definition) is 1. The number of nitrogens with one attached hydrogen (secondary N) is 1. The van der Waals surface area contributed by atoms with Crippen molar-refractivity contribution in [3.05, 3.63) is 35.6 Å². The average molecular weight is 342 g/mol. The zero-order chi connectivity index (χ0) is 18.8. The van der Waals surface area contributed by atoms with E-state index in [1.54, 1.807) is 19.9 Å². The summed E-state index contributed by atoms with van der Waals surface area (Å²) in [6.07, 6.45) is -1.05. The number of nitriles is 1. The van der Waals surface area contributed by atoms with Gasteiger partial charge in [-0.05, 0) is 32.8 Å². The maximum Gasteiger partial charge on any atom is 0.375 e. The summed E-state index contributed by atoms with van der Waals surface area (Å²) in [4.78, 5) is 24.6. The summed E-state index contributed by atoms with van der Waals surface area (Å²) in [7, 11) is 0. The van der Waals surface area contributed by atoms with E-state index in [-0.39, 0.29) is 11.7 Å². The molecule has 2 rings (SSSR count). The lowest BCUT2D eigenvalue weighted by molar-refractivity contribution is -0.130. The van der Waals surface area contributed by atoms with E-state index in [9.17, 15) is 14.9 Å². The number of amides is 1. The van der Waals surface area contributed by atoms with Crippen molar-refractivity contribution in [3.8, 4) is 6.07 Å². The summed E-state index contributed by atoms with van der Waals surface area (Å²) in [5.41, 5.74) is 0.214. The number of hydrogen-bond acceptors (Lipinski definition) is 5. The first kappa shape index (κ1) is 18.5. The van der Waals surface area contributed by atoms with Gasteiger partial charge in [-0.2, -0.15) is 5.26 Å². The molecule has 1 aromatic carbocycles. The van der Waals surface area contributed by atoms with Crippen molar-refractivity contribution in [3.63, 3.8) is 0 Å². The van der Waals surface area contributed by atoms with E-state index in [1.165, 1.54) is 6.92 Å². The maximum absolute atomic E-state index is 12.4. The molecule has 0 fully saturated rings. The highest BCUT2D eigenvalue weighted by atomic mass is 16.6. The van der Waals surface area contributed by atoms with Crippen LogP contribution in [0.4, 0.5) is 0 Å². The van der Waals surface area contributed by atoms with Gasteiger partial charge in [0.15, 0.2) is 6.10 Å². The Morgan fingerprint density at radius 1 is 1.28 bits per heavy atom. The SMILES string of the molecule is Cc1c(C(=O)O[C@@H](C)C(=O)N[C@](C)(C#N)C(C)C)oc2ccccc12. The van der Waals surface area contributed by atoms with Gasteiger partial charge in [-0.25, -0.2) is 4.79 Å². The molecule has 0 radical (unpaired) electrons. The quantitative estimate of drug-likeness (QED) is 0.841. The fourth-order valence-corrected chi connectivity index (χ4v) is 2.30. The van der Waals surface area contributed by atoms with Gasteiger partial charge in [0, 0.05) is 10.9 Å². The zero-order valence-electron chi connectivity index (χ0n) is 15.0. The normalized spacial score (nSPS) is 14.6. The van der Waals surface area contributed by atoms with Crippen molar-refractivity contribution in [1.82, 2.24) is 5.32 Å². The van der Waals surface area contributed by atoms with E-state index in [0.717, 1.165) is 5.39 Å². The second-order valence-corrected chi connectivity index (χ2v) is 6.56. The molecule has 1 amide bonds. The topological polar surface area (TPSA) is 92.3 Å². The molecule has 132 valence electrons. The standard InChI is InChI=1S/C19H22N2O4/c1-11(2)19(5,10-20)21-17(22)13(4)24-18(23)16-12(3)14-8-6-7-9-15(14)25-16/h6-9,11,13H,1-5H3,(H,21,22)/t13-,19+/m0/s1. The fourth-order valence-electron chi connectivity index (χ4n) is 2.30. The molecule has 0 saturated carbocycles. The molecule has 2 atom stereocenters. The minimum atomic E-state index is -1.05. The van der Waals surface area contributed by atoms with Crippen molar-refractivity contribution in [2.24, 2.45) is 5.92 Å². The molecule has 6 nitrogen and oxygen atoms in total. The number of ether oxygens (including phenoxy) is 1. The molecular formula is C19H22N2O4. The summed E-state index contributed by atoms with van der Waals surface area (Å²) >= 11 is 0. The fraction of sp³-hybridized carbons (Fsp3) is 0.421. The molecule has 1 heterocycles. The van der Waals surface area contributed by atoms with Crippen LogP contribution < -0.4 is 5.32 Å². The van der Waals surface area contributed by atoms with Crippen LogP contribution in [-0.4, -0.2) is 23.5 Å². The van der Waals surface area contributed by atoms with Gasteiger partial charge in [-0.3, -0.25) is 4.79 Å². The monoisotopic (exact) mass is 342 g/mol. The van der Waals surface area contributed by atoms with E-state index in [2.05, 4.69) is 11.4 Å². The first-order valence-electron chi connectivity index (χ1n) is 8.12. The van der Waals surface area contributed by atoms with Gasteiger partial charge in [0.1, 0.15) is 11.1 Å². The Morgan fingerprint density at radius 2 is 1.92 bits per heavy atom. The second kappa shape index (κ2) is 6.98. The number of carbonyl (C=O) groups excluding carboxylic acids is 2. The summed E-state index contributed by atoms with van der Waals surface area (Å²) in [5.74, 6) is -1.26. The summed E-state index contributed by atoms with van der Waals surface area (Å²) < 4.78 is 10.8. The summed E-state index contributed by atoms with van der Waals surface area (Å²) in [6, 6.07) is 9.36. The van der Waals surface area contributed by atoms with Gasteiger partial charge in [0.25, 0.3) is 5.91 Å². The Labute approximate surface area is 146 Å². The summed E-state index contributed by atoms with van der Waals surface area (Å²) in [5, 5.41) is 12.7.